The van der Waals surface area contributed by atoms with Gasteiger partial charge in [-0.15, -0.1) is 0 Å². The summed E-state index contributed by atoms with van der Waals surface area (Å²) in [5.74, 6) is 0.955. The van der Waals surface area contributed by atoms with E-state index in [1.165, 1.54) is 12.8 Å². The molecule has 1 saturated carbocycles. The minimum atomic E-state index is -3.10. The van der Waals surface area contributed by atoms with Crippen molar-refractivity contribution in [2.45, 2.75) is 48.8 Å². The molecule has 2 fully saturated rings. The fourth-order valence-corrected chi connectivity index (χ4v) is 5.32. The van der Waals surface area contributed by atoms with Crippen LogP contribution >= 0.6 is 0 Å². The van der Waals surface area contributed by atoms with Crippen LogP contribution in [0, 0.1) is 5.92 Å². The number of benzene rings is 1. The SMILES string of the molecule is O=S1(=O)CCC(NC2CCOC2C2CC2)c2ccccc21. The fourth-order valence-electron chi connectivity index (χ4n) is 3.70. The zero-order chi connectivity index (χ0) is 14.4. The van der Waals surface area contributed by atoms with Crippen LogP contribution in [0.1, 0.15) is 37.3 Å². The number of rotatable bonds is 3. The van der Waals surface area contributed by atoms with Crippen LogP contribution in [-0.2, 0) is 14.6 Å². The molecule has 4 rings (SSSR count). The average Bonchev–Trinajstić information content (AvgIpc) is 3.22. The van der Waals surface area contributed by atoms with Gasteiger partial charge in [0.05, 0.1) is 16.8 Å². The van der Waals surface area contributed by atoms with Crippen molar-refractivity contribution in [1.82, 2.24) is 5.32 Å². The van der Waals surface area contributed by atoms with E-state index in [0.29, 0.717) is 29.4 Å². The van der Waals surface area contributed by atoms with Gasteiger partial charge in [0.1, 0.15) is 0 Å². The maximum Gasteiger partial charge on any atom is 0.178 e. The maximum absolute atomic E-state index is 12.2. The Balaban J connectivity index is 1.58. The molecule has 3 aliphatic rings. The van der Waals surface area contributed by atoms with E-state index in [-0.39, 0.29) is 11.8 Å². The van der Waals surface area contributed by atoms with Crippen LogP contribution in [0.15, 0.2) is 29.2 Å². The number of hydrogen-bond acceptors (Lipinski definition) is 4. The second kappa shape index (κ2) is 5.07. The molecule has 5 heteroatoms. The van der Waals surface area contributed by atoms with Crippen molar-refractivity contribution >= 4 is 9.84 Å². The predicted octanol–water partition coefficient (Wildman–Crippen LogP) is 2.06. The molecule has 21 heavy (non-hydrogen) atoms. The van der Waals surface area contributed by atoms with E-state index >= 15 is 0 Å². The van der Waals surface area contributed by atoms with Crippen molar-refractivity contribution < 1.29 is 13.2 Å². The Kier molecular flexibility index (Phi) is 3.32. The summed E-state index contributed by atoms with van der Waals surface area (Å²) in [6.45, 7) is 0.825. The highest BCUT2D eigenvalue weighted by Gasteiger charge is 2.42. The summed E-state index contributed by atoms with van der Waals surface area (Å²) < 4.78 is 30.3. The van der Waals surface area contributed by atoms with E-state index in [1.54, 1.807) is 6.07 Å². The lowest BCUT2D eigenvalue weighted by Crippen LogP contribution is -2.42. The van der Waals surface area contributed by atoms with Crippen molar-refractivity contribution in [3.8, 4) is 0 Å². The van der Waals surface area contributed by atoms with Crippen LogP contribution in [-0.4, -0.2) is 32.9 Å². The first kappa shape index (κ1) is 13.7. The molecule has 1 N–H and O–H groups in total. The first-order valence-electron chi connectivity index (χ1n) is 7.84. The minimum absolute atomic E-state index is 0.137. The Bertz CT molecular complexity index is 639. The van der Waals surface area contributed by atoms with Crippen LogP contribution in [0.25, 0.3) is 0 Å². The number of fused-ring (bicyclic) bond motifs is 1. The molecule has 2 aliphatic heterocycles. The molecule has 0 radical (unpaired) electrons. The molecule has 4 nitrogen and oxygen atoms in total. The van der Waals surface area contributed by atoms with E-state index in [2.05, 4.69) is 5.32 Å². The highest BCUT2D eigenvalue weighted by Crippen LogP contribution is 2.40. The Morgan fingerprint density at radius 3 is 2.71 bits per heavy atom. The quantitative estimate of drug-likeness (QED) is 0.929. The van der Waals surface area contributed by atoms with E-state index in [4.69, 9.17) is 4.74 Å². The zero-order valence-corrected chi connectivity index (χ0v) is 12.8. The summed E-state index contributed by atoms with van der Waals surface area (Å²) in [5.41, 5.74) is 0.935. The molecule has 1 saturated heterocycles. The predicted molar refractivity (Wildman–Crippen MR) is 79.9 cm³/mol. The van der Waals surface area contributed by atoms with Crippen molar-refractivity contribution in [2.75, 3.05) is 12.4 Å². The Morgan fingerprint density at radius 1 is 1.10 bits per heavy atom. The number of sulfone groups is 1. The standard InChI is InChI=1S/C16H21NO3S/c18-21(19)10-8-13(12-3-1-2-4-15(12)21)17-14-7-9-20-16(14)11-5-6-11/h1-4,11,13-14,16-17H,5-10H2. The lowest BCUT2D eigenvalue weighted by atomic mass is 9.99. The normalized spacial score (nSPS) is 34.6. The maximum atomic E-state index is 12.2. The molecule has 0 amide bonds. The van der Waals surface area contributed by atoms with Crippen LogP contribution < -0.4 is 5.32 Å². The second-order valence-electron chi connectivity index (χ2n) is 6.43. The van der Waals surface area contributed by atoms with Gasteiger partial charge in [0.2, 0.25) is 0 Å². The third kappa shape index (κ3) is 2.51. The Labute approximate surface area is 125 Å². The molecule has 2 heterocycles. The largest absolute Gasteiger partial charge is 0.376 e. The summed E-state index contributed by atoms with van der Waals surface area (Å²) >= 11 is 0. The van der Waals surface area contributed by atoms with Gasteiger partial charge >= 0.3 is 0 Å². The first-order chi connectivity index (χ1) is 10.1. The third-order valence-electron chi connectivity index (χ3n) is 4.94. The van der Waals surface area contributed by atoms with Crippen molar-refractivity contribution in [3.63, 3.8) is 0 Å². The molecule has 1 aliphatic carbocycles. The lowest BCUT2D eigenvalue weighted by molar-refractivity contribution is 0.0786. The van der Waals surface area contributed by atoms with Crippen LogP contribution in [0.2, 0.25) is 0 Å². The van der Waals surface area contributed by atoms with Crippen molar-refractivity contribution in [1.29, 1.82) is 0 Å². The van der Waals surface area contributed by atoms with Crippen molar-refractivity contribution in [2.24, 2.45) is 5.92 Å². The summed E-state index contributed by atoms with van der Waals surface area (Å²) in [7, 11) is -3.10. The Hall–Kier alpha value is -0.910. The Morgan fingerprint density at radius 2 is 1.90 bits per heavy atom. The molecule has 3 unspecified atom stereocenters. The van der Waals surface area contributed by atoms with Gasteiger partial charge in [0.25, 0.3) is 0 Å². The average molecular weight is 307 g/mol. The summed E-state index contributed by atoms with van der Waals surface area (Å²) in [6, 6.07) is 7.93. The molecule has 1 aromatic carbocycles. The molecular weight excluding hydrogens is 286 g/mol. The van der Waals surface area contributed by atoms with Gasteiger partial charge in [-0.05, 0) is 43.2 Å². The number of ether oxygens (including phenoxy) is 1. The summed E-state index contributed by atoms with van der Waals surface area (Å²) in [5, 5.41) is 3.69. The van der Waals surface area contributed by atoms with Gasteiger partial charge in [0.15, 0.2) is 9.84 Å². The third-order valence-corrected chi connectivity index (χ3v) is 6.76. The highest BCUT2D eigenvalue weighted by atomic mass is 32.2. The second-order valence-corrected chi connectivity index (χ2v) is 8.51. The first-order valence-corrected chi connectivity index (χ1v) is 9.50. The fraction of sp³-hybridized carbons (Fsp3) is 0.625. The minimum Gasteiger partial charge on any atom is -0.376 e. The van der Waals surface area contributed by atoms with Crippen LogP contribution in [0.4, 0.5) is 0 Å². The summed E-state index contributed by atoms with van der Waals surface area (Å²) in [6.07, 6.45) is 4.58. The molecule has 0 bridgehead atoms. The van der Waals surface area contributed by atoms with Gasteiger partial charge < -0.3 is 10.1 Å². The van der Waals surface area contributed by atoms with E-state index in [0.717, 1.165) is 18.6 Å². The van der Waals surface area contributed by atoms with E-state index in [1.807, 2.05) is 18.2 Å². The van der Waals surface area contributed by atoms with Gasteiger partial charge in [-0.1, -0.05) is 18.2 Å². The molecule has 3 atom stereocenters. The zero-order valence-electron chi connectivity index (χ0n) is 12.0. The smallest absolute Gasteiger partial charge is 0.178 e. The van der Waals surface area contributed by atoms with Gasteiger partial charge in [0, 0.05) is 18.7 Å². The van der Waals surface area contributed by atoms with E-state index in [9.17, 15) is 8.42 Å². The lowest BCUT2D eigenvalue weighted by Gasteiger charge is -2.30. The molecule has 0 aromatic heterocycles. The van der Waals surface area contributed by atoms with Crippen LogP contribution in [0.5, 0.6) is 0 Å². The number of hydrogen-bond donors (Lipinski definition) is 1. The van der Waals surface area contributed by atoms with Gasteiger partial charge in [-0.3, -0.25) is 0 Å². The monoisotopic (exact) mass is 307 g/mol. The summed E-state index contributed by atoms with van der Waals surface area (Å²) in [4.78, 5) is 0.510. The van der Waals surface area contributed by atoms with Crippen molar-refractivity contribution in [3.05, 3.63) is 29.8 Å². The topological polar surface area (TPSA) is 55.4 Å². The van der Waals surface area contributed by atoms with E-state index < -0.39 is 9.84 Å². The molecular formula is C16H21NO3S. The number of nitrogens with one attached hydrogen (secondary N) is 1. The van der Waals surface area contributed by atoms with Gasteiger partial charge in [-0.2, -0.15) is 0 Å². The highest BCUT2D eigenvalue weighted by molar-refractivity contribution is 7.91. The van der Waals surface area contributed by atoms with Gasteiger partial charge in [-0.25, -0.2) is 8.42 Å². The van der Waals surface area contributed by atoms with Crippen LogP contribution in [0.3, 0.4) is 0 Å². The molecule has 1 aromatic rings. The molecule has 0 spiro atoms. The molecule has 114 valence electrons.